The summed E-state index contributed by atoms with van der Waals surface area (Å²) in [4.78, 5) is 12.2. The first kappa shape index (κ1) is 16.5. The second-order valence-corrected chi connectivity index (χ2v) is 6.73. The first-order valence-electron chi connectivity index (χ1n) is 7.41. The van der Waals surface area contributed by atoms with Crippen LogP contribution in [0.5, 0.6) is 0 Å². The van der Waals surface area contributed by atoms with Gasteiger partial charge in [0.05, 0.1) is 5.25 Å². The van der Waals surface area contributed by atoms with Gasteiger partial charge in [0.25, 0.3) is 0 Å². The highest BCUT2D eigenvalue weighted by molar-refractivity contribution is 8.00. The van der Waals surface area contributed by atoms with Gasteiger partial charge >= 0.3 is 0 Å². The van der Waals surface area contributed by atoms with Crippen molar-refractivity contribution in [2.75, 3.05) is 0 Å². The molecule has 0 bridgehead atoms. The number of aromatic nitrogens is 3. The Morgan fingerprint density at radius 3 is 2.68 bits per heavy atom. The van der Waals surface area contributed by atoms with Gasteiger partial charge in [0.2, 0.25) is 5.91 Å². The van der Waals surface area contributed by atoms with Crippen LogP contribution in [0.3, 0.4) is 0 Å². The van der Waals surface area contributed by atoms with Crippen molar-refractivity contribution >= 4 is 17.7 Å². The molecule has 6 heteroatoms. The Morgan fingerprint density at radius 2 is 2.05 bits per heavy atom. The first-order chi connectivity index (χ1) is 10.6. The van der Waals surface area contributed by atoms with Gasteiger partial charge in [0.1, 0.15) is 6.33 Å². The van der Waals surface area contributed by atoms with Crippen molar-refractivity contribution in [2.24, 2.45) is 7.05 Å². The quantitative estimate of drug-likeness (QED) is 0.797. The summed E-state index contributed by atoms with van der Waals surface area (Å²) in [6, 6.07) is 10.5. The predicted octanol–water partition coefficient (Wildman–Crippen LogP) is 2.43. The molecule has 1 aromatic carbocycles. The lowest BCUT2D eigenvalue weighted by molar-refractivity contribution is -0.120. The van der Waals surface area contributed by atoms with Crippen LogP contribution in [-0.2, 0) is 18.3 Å². The van der Waals surface area contributed by atoms with Crippen LogP contribution in [0.25, 0.3) is 0 Å². The monoisotopic (exact) mass is 318 g/mol. The highest BCUT2D eigenvalue weighted by atomic mass is 32.2. The zero-order chi connectivity index (χ0) is 15.9. The maximum absolute atomic E-state index is 12.2. The Kier molecular flexibility index (Phi) is 6.00. The van der Waals surface area contributed by atoms with Crippen molar-refractivity contribution in [2.45, 2.75) is 43.1 Å². The highest BCUT2D eigenvalue weighted by Crippen LogP contribution is 2.20. The van der Waals surface area contributed by atoms with Gasteiger partial charge in [-0.25, -0.2) is 0 Å². The summed E-state index contributed by atoms with van der Waals surface area (Å²) in [6.07, 6.45) is 3.53. The minimum atomic E-state index is -0.193. The summed E-state index contributed by atoms with van der Waals surface area (Å²) in [5, 5.41) is 11.4. The molecular weight excluding hydrogens is 296 g/mol. The van der Waals surface area contributed by atoms with E-state index < -0.39 is 0 Å². The number of amides is 1. The minimum absolute atomic E-state index is 0.0357. The lowest BCUT2D eigenvalue weighted by Crippen LogP contribution is -2.38. The summed E-state index contributed by atoms with van der Waals surface area (Å²) in [5.74, 6) is 0.0357. The van der Waals surface area contributed by atoms with E-state index in [0.717, 1.165) is 18.0 Å². The first-order valence-corrected chi connectivity index (χ1v) is 8.29. The number of carbonyl (C=O) groups excluding carboxylic acids is 1. The van der Waals surface area contributed by atoms with E-state index in [0.29, 0.717) is 0 Å². The van der Waals surface area contributed by atoms with E-state index in [1.165, 1.54) is 17.3 Å². The van der Waals surface area contributed by atoms with Crippen molar-refractivity contribution in [1.82, 2.24) is 20.1 Å². The summed E-state index contributed by atoms with van der Waals surface area (Å²) in [5.41, 5.74) is 1.30. The molecule has 2 aromatic rings. The number of nitrogens with zero attached hydrogens (tertiary/aromatic N) is 3. The van der Waals surface area contributed by atoms with Crippen molar-refractivity contribution in [3.63, 3.8) is 0 Å². The molecular formula is C16H22N4OS. The predicted molar refractivity (Wildman–Crippen MR) is 88.7 cm³/mol. The molecule has 0 aliphatic carbocycles. The second kappa shape index (κ2) is 7.98. The molecule has 1 N–H and O–H groups in total. The molecule has 0 aliphatic rings. The zero-order valence-corrected chi connectivity index (χ0v) is 14.0. The molecule has 22 heavy (non-hydrogen) atoms. The number of benzene rings is 1. The van der Waals surface area contributed by atoms with E-state index in [1.807, 2.05) is 43.7 Å². The van der Waals surface area contributed by atoms with Gasteiger partial charge in [0.15, 0.2) is 5.16 Å². The van der Waals surface area contributed by atoms with Crippen LogP contribution in [0.15, 0.2) is 41.8 Å². The second-order valence-electron chi connectivity index (χ2n) is 5.42. The van der Waals surface area contributed by atoms with Crippen LogP contribution in [0.2, 0.25) is 0 Å². The number of thioether (sulfide) groups is 1. The van der Waals surface area contributed by atoms with Gasteiger partial charge in [-0.15, -0.1) is 10.2 Å². The largest absolute Gasteiger partial charge is 0.353 e. The molecule has 0 saturated carbocycles. The molecule has 0 fully saturated rings. The van der Waals surface area contributed by atoms with Crippen LogP contribution in [-0.4, -0.2) is 32.0 Å². The fourth-order valence-corrected chi connectivity index (χ4v) is 2.85. The highest BCUT2D eigenvalue weighted by Gasteiger charge is 2.18. The van der Waals surface area contributed by atoms with Gasteiger partial charge < -0.3 is 9.88 Å². The Morgan fingerprint density at radius 1 is 1.32 bits per heavy atom. The topological polar surface area (TPSA) is 59.8 Å². The van der Waals surface area contributed by atoms with Crippen molar-refractivity contribution in [1.29, 1.82) is 0 Å². The average molecular weight is 318 g/mol. The Balaban J connectivity index is 1.77. The number of aryl methyl sites for hydroxylation is 2. The van der Waals surface area contributed by atoms with E-state index in [9.17, 15) is 4.79 Å². The average Bonchev–Trinajstić information content (AvgIpc) is 2.91. The Bertz CT molecular complexity index is 599. The number of rotatable bonds is 7. The Labute approximate surface area is 135 Å². The summed E-state index contributed by atoms with van der Waals surface area (Å²) >= 11 is 1.42. The maximum Gasteiger partial charge on any atom is 0.233 e. The zero-order valence-electron chi connectivity index (χ0n) is 13.2. The molecule has 2 rings (SSSR count). The molecule has 1 amide bonds. The van der Waals surface area contributed by atoms with E-state index in [2.05, 4.69) is 27.6 Å². The van der Waals surface area contributed by atoms with Crippen LogP contribution in [0, 0.1) is 0 Å². The van der Waals surface area contributed by atoms with E-state index in [-0.39, 0.29) is 17.2 Å². The van der Waals surface area contributed by atoms with Gasteiger partial charge in [-0.05, 0) is 32.3 Å². The third kappa shape index (κ3) is 4.87. The molecule has 0 aliphatic heterocycles. The molecule has 0 saturated heterocycles. The summed E-state index contributed by atoms with van der Waals surface area (Å²) in [6.45, 7) is 3.93. The molecule has 1 heterocycles. The minimum Gasteiger partial charge on any atom is -0.353 e. The number of hydrogen-bond donors (Lipinski definition) is 1. The normalized spacial score (nSPS) is 13.6. The molecule has 1 aromatic heterocycles. The molecule has 5 nitrogen and oxygen atoms in total. The van der Waals surface area contributed by atoms with Gasteiger partial charge in [-0.2, -0.15) is 0 Å². The van der Waals surface area contributed by atoms with Crippen molar-refractivity contribution < 1.29 is 4.79 Å². The molecule has 0 unspecified atom stereocenters. The standard InChI is InChI=1S/C16H22N4OS/c1-12(9-10-14-7-5-4-6-8-14)18-15(21)13(2)22-16-19-17-11-20(16)3/h4-8,11-13H,9-10H2,1-3H3,(H,18,21)/t12-,13+/m0/s1. The lowest BCUT2D eigenvalue weighted by atomic mass is 10.1. The fourth-order valence-electron chi connectivity index (χ4n) is 2.05. The van der Waals surface area contributed by atoms with Crippen molar-refractivity contribution in [3.05, 3.63) is 42.2 Å². The van der Waals surface area contributed by atoms with E-state index in [4.69, 9.17) is 0 Å². The van der Waals surface area contributed by atoms with E-state index in [1.54, 1.807) is 6.33 Å². The Hall–Kier alpha value is -1.82. The lowest BCUT2D eigenvalue weighted by Gasteiger charge is -2.17. The summed E-state index contributed by atoms with van der Waals surface area (Å²) in [7, 11) is 1.87. The molecule has 2 atom stereocenters. The molecule has 0 radical (unpaired) electrons. The van der Waals surface area contributed by atoms with Gasteiger partial charge in [-0.3, -0.25) is 4.79 Å². The molecule has 0 spiro atoms. The fraction of sp³-hybridized carbons (Fsp3) is 0.438. The van der Waals surface area contributed by atoms with Crippen molar-refractivity contribution in [3.8, 4) is 0 Å². The third-order valence-corrected chi connectivity index (χ3v) is 4.57. The molecule has 118 valence electrons. The number of carbonyl (C=O) groups is 1. The SMILES string of the molecule is C[C@@H](CCc1ccccc1)NC(=O)[C@@H](C)Sc1nncn1C. The van der Waals surface area contributed by atoms with Crippen LogP contribution >= 0.6 is 11.8 Å². The summed E-state index contributed by atoms with van der Waals surface area (Å²) < 4.78 is 1.81. The van der Waals surface area contributed by atoms with Gasteiger partial charge in [0, 0.05) is 13.1 Å². The van der Waals surface area contributed by atoms with E-state index >= 15 is 0 Å². The van der Waals surface area contributed by atoms with Crippen LogP contribution in [0.4, 0.5) is 0 Å². The third-order valence-electron chi connectivity index (χ3n) is 3.42. The van der Waals surface area contributed by atoms with Gasteiger partial charge in [-0.1, -0.05) is 42.1 Å². The van der Waals surface area contributed by atoms with Crippen LogP contribution in [0.1, 0.15) is 25.8 Å². The smallest absolute Gasteiger partial charge is 0.233 e. The number of nitrogens with one attached hydrogen (secondary N) is 1. The number of hydrogen-bond acceptors (Lipinski definition) is 4. The maximum atomic E-state index is 12.2. The van der Waals surface area contributed by atoms with Crippen LogP contribution < -0.4 is 5.32 Å².